The number of rotatable bonds is 2. The van der Waals surface area contributed by atoms with Crippen molar-refractivity contribution < 1.29 is 4.79 Å². The van der Waals surface area contributed by atoms with Crippen molar-refractivity contribution in [3.8, 4) is 0 Å². The molecular weight excluding hydrogens is 361 g/mol. The van der Waals surface area contributed by atoms with Crippen molar-refractivity contribution in [3.05, 3.63) is 0 Å². The molecule has 2 saturated carbocycles. The van der Waals surface area contributed by atoms with Gasteiger partial charge in [-0.25, -0.2) is 0 Å². The third-order valence-electron chi connectivity index (χ3n) is 5.06. The van der Waals surface area contributed by atoms with E-state index in [1.54, 1.807) is 0 Å². The summed E-state index contributed by atoms with van der Waals surface area (Å²) < 4.78 is 2.11. The van der Waals surface area contributed by atoms with Gasteiger partial charge in [-0.2, -0.15) is 0 Å². The molecule has 0 saturated heterocycles. The molecule has 2 aliphatic carbocycles. The molecule has 2 aliphatic rings. The normalized spacial score (nSPS) is 24.2. The molecule has 0 radical (unpaired) electrons. The van der Waals surface area contributed by atoms with E-state index < -0.39 is 0 Å². The van der Waals surface area contributed by atoms with Crippen LogP contribution in [0.4, 0.5) is 0 Å². The Morgan fingerprint density at radius 3 is 1.60 bits per heavy atom. The molecular formula is C17H30INO. The summed E-state index contributed by atoms with van der Waals surface area (Å²) >= 11 is 2.33. The average molecular weight is 391 g/mol. The number of amides is 1. The minimum Gasteiger partial charge on any atom is -0.282 e. The lowest BCUT2D eigenvalue weighted by atomic mass is 9.89. The smallest absolute Gasteiger partial charge is 0.234 e. The SMILES string of the molecule is O=C(C1CCCCCCC1)N(I)C1CCCCCCC1. The monoisotopic (exact) mass is 391 g/mol. The van der Waals surface area contributed by atoms with Crippen molar-refractivity contribution in [2.24, 2.45) is 5.92 Å². The minimum atomic E-state index is 0.317. The summed E-state index contributed by atoms with van der Waals surface area (Å²) in [6.07, 6.45) is 18.0. The molecule has 2 fully saturated rings. The molecule has 0 aliphatic heterocycles. The second-order valence-corrected chi connectivity index (χ2v) is 7.73. The van der Waals surface area contributed by atoms with Gasteiger partial charge in [0.2, 0.25) is 5.91 Å². The van der Waals surface area contributed by atoms with Crippen LogP contribution in [0.3, 0.4) is 0 Å². The maximum Gasteiger partial charge on any atom is 0.234 e. The summed E-state index contributed by atoms with van der Waals surface area (Å²) in [5.41, 5.74) is 0. The van der Waals surface area contributed by atoms with Crippen molar-refractivity contribution in [3.63, 3.8) is 0 Å². The summed E-state index contributed by atoms with van der Waals surface area (Å²) in [6, 6.07) is 0.508. The Bertz CT molecular complexity index is 279. The third kappa shape index (κ3) is 5.19. The molecule has 116 valence electrons. The standard InChI is InChI=1S/C17H30INO/c18-19(16-13-9-5-2-6-10-14-16)17(20)15-11-7-3-1-4-8-12-15/h15-16H,1-14H2. The molecule has 0 aromatic carbocycles. The van der Waals surface area contributed by atoms with E-state index in [9.17, 15) is 4.79 Å². The number of halogens is 1. The Morgan fingerprint density at radius 1 is 0.700 bits per heavy atom. The van der Waals surface area contributed by atoms with Gasteiger partial charge in [-0.3, -0.25) is 7.91 Å². The predicted octanol–water partition coefficient (Wildman–Crippen LogP) is 5.64. The molecule has 0 N–H and O–H groups in total. The van der Waals surface area contributed by atoms with Crippen molar-refractivity contribution >= 4 is 28.8 Å². The van der Waals surface area contributed by atoms with E-state index in [0.717, 1.165) is 12.8 Å². The molecule has 2 rings (SSSR count). The number of carbonyl (C=O) groups excluding carboxylic acids is 1. The Balaban J connectivity index is 1.87. The van der Waals surface area contributed by atoms with Crippen LogP contribution in [-0.2, 0) is 4.79 Å². The molecule has 0 unspecified atom stereocenters. The first-order valence-electron chi connectivity index (χ1n) is 8.78. The van der Waals surface area contributed by atoms with E-state index in [4.69, 9.17) is 0 Å². The maximum absolute atomic E-state index is 12.8. The number of hydrogen-bond acceptors (Lipinski definition) is 1. The van der Waals surface area contributed by atoms with Gasteiger partial charge in [0, 0.05) is 12.0 Å². The molecule has 0 heterocycles. The van der Waals surface area contributed by atoms with Crippen LogP contribution in [0.25, 0.3) is 0 Å². The highest BCUT2D eigenvalue weighted by Crippen LogP contribution is 2.29. The fraction of sp³-hybridized carbons (Fsp3) is 0.941. The molecule has 0 aromatic rings. The van der Waals surface area contributed by atoms with Crippen LogP contribution < -0.4 is 0 Å². The van der Waals surface area contributed by atoms with Gasteiger partial charge in [0.15, 0.2) is 0 Å². The van der Waals surface area contributed by atoms with Crippen LogP contribution in [0.2, 0.25) is 0 Å². The zero-order valence-electron chi connectivity index (χ0n) is 12.8. The van der Waals surface area contributed by atoms with Gasteiger partial charge in [-0.15, -0.1) is 0 Å². The minimum absolute atomic E-state index is 0.317. The van der Waals surface area contributed by atoms with Crippen LogP contribution in [0, 0.1) is 5.92 Å². The fourth-order valence-electron chi connectivity index (χ4n) is 3.72. The van der Waals surface area contributed by atoms with Gasteiger partial charge in [0.1, 0.15) is 0 Å². The van der Waals surface area contributed by atoms with Crippen LogP contribution in [0.1, 0.15) is 89.9 Å². The molecule has 2 nitrogen and oxygen atoms in total. The summed E-state index contributed by atoms with van der Waals surface area (Å²) in [6.45, 7) is 0. The number of carbonyl (C=O) groups is 1. The Labute approximate surface area is 138 Å². The highest BCUT2D eigenvalue weighted by atomic mass is 127. The Hall–Kier alpha value is 0.200. The van der Waals surface area contributed by atoms with E-state index in [2.05, 4.69) is 26.0 Å². The second kappa shape index (κ2) is 9.26. The van der Waals surface area contributed by atoms with Gasteiger partial charge in [-0.05, 0) is 25.7 Å². The second-order valence-electron chi connectivity index (χ2n) is 6.69. The molecule has 0 bridgehead atoms. The number of hydrogen-bond donors (Lipinski definition) is 0. The largest absolute Gasteiger partial charge is 0.282 e. The summed E-state index contributed by atoms with van der Waals surface area (Å²) in [5.74, 6) is 0.760. The van der Waals surface area contributed by atoms with Gasteiger partial charge in [0.05, 0.1) is 22.9 Å². The van der Waals surface area contributed by atoms with Gasteiger partial charge in [-0.1, -0.05) is 64.2 Å². The highest BCUT2D eigenvalue weighted by Gasteiger charge is 2.28. The number of nitrogens with zero attached hydrogens (tertiary/aromatic N) is 1. The van der Waals surface area contributed by atoms with Crippen molar-refractivity contribution in [2.75, 3.05) is 0 Å². The first kappa shape index (κ1) is 16.6. The Kier molecular flexibility index (Phi) is 7.68. The molecule has 1 amide bonds. The van der Waals surface area contributed by atoms with Crippen molar-refractivity contribution in [1.82, 2.24) is 3.11 Å². The van der Waals surface area contributed by atoms with Gasteiger partial charge in [0.25, 0.3) is 0 Å². The zero-order valence-corrected chi connectivity index (χ0v) is 14.9. The molecule has 20 heavy (non-hydrogen) atoms. The third-order valence-corrected chi connectivity index (χ3v) is 6.32. The molecule has 0 aromatic heterocycles. The predicted molar refractivity (Wildman–Crippen MR) is 92.8 cm³/mol. The molecule has 0 atom stereocenters. The van der Waals surface area contributed by atoms with Crippen molar-refractivity contribution in [2.45, 2.75) is 95.9 Å². The van der Waals surface area contributed by atoms with E-state index >= 15 is 0 Å². The van der Waals surface area contributed by atoms with Crippen LogP contribution in [0.5, 0.6) is 0 Å². The van der Waals surface area contributed by atoms with Gasteiger partial charge < -0.3 is 0 Å². The van der Waals surface area contributed by atoms with Crippen LogP contribution in [-0.4, -0.2) is 15.1 Å². The van der Waals surface area contributed by atoms with E-state index in [0.29, 0.717) is 17.9 Å². The Morgan fingerprint density at radius 2 is 1.10 bits per heavy atom. The topological polar surface area (TPSA) is 20.3 Å². The zero-order chi connectivity index (χ0) is 14.2. The average Bonchev–Trinajstić information content (AvgIpc) is 2.36. The summed E-state index contributed by atoms with van der Waals surface area (Å²) in [4.78, 5) is 12.8. The lowest BCUT2D eigenvalue weighted by Gasteiger charge is -2.31. The van der Waals surface area contributed by atoms with Crippen LogP contribution >= 0.6 is 22.9 Å². The fourth-order valence-corrected chi connectivity index (χ4v) is 4.67. The van der Waals surface area contributed by atoms with Crippen molar-refractivity contribution in [1.29, 1.82) is 0 Å². The van der Waals surface area contributed by atoms with E-state index in [1.807, 2.05) is 0 Å². The summed E-state index contributed by atoms with van der Waals surface area (Å²) in [5, 5.41) is 0. The lowest BCUT2D eigenvalue weighted by Crippen LogP contribution is -2.37. The van der Waals surface area contributed by atoms with Gasteiger partial charge >= 0.3 is 0 Å². The molecule has 0 spiro atoms. The maximum atomic E-state index is 12.8. The molecule has 3 heteroatoms. The first-order chi connectivity index (χ1) is 9.79. The summed E-state index contributed by atoms with van der Waals surface area (Å²) in [7, 11) is 0. The van der Waals surface area contributed by atoms with E-state index in [-0.39, 0.29) is 0 Å². The van der Waals surface area contributed by atoms with E-state index in [1.165, 1.54) is 77.0 Å². The lowest BCUT2D eigenvalue weighted by molar-refractivity contribution is -0.131. The van der Waals surface area contributed by atoms with Crippen LogP contribution in [0.15, 0.2) is 0 Å². The highest BCUT2D eigenvalue weighted by molar-refractivity contribution is 14.1. The first-order valence-corrected chi connectivity index (χ1v) is 9.74. The quantitative estimate of drug-likeness (QED) is 0.441.